The van der Waals surface area contributed by atoms with E-state index in [2.05, 4.69) is 9.97 Å². The Kier molecular flexibility index (Phi) is 3.31. The first kappa shape index (κ1) is 13.3. The summed E-state index contributed by atoms with van der Waals surface area (Å²) in [6, 6.07) is 3.57. The maximum atomic E-state index is 12.5. The fraction of sp³-hybridized carbons (Fsp3) is 0.214. The molecule has 0 saturated carbocycles. The van der Waals surface area contributed by atoms with Crippen LogP contribution < -0.4 is 5.56 Å². The highest BCUT2D eigenvalue weighted by Gasteiger charge is 2.12. The van der Waals surface area contributed by atoms with Gasteiger partial charge in [-0.1, -0.05) is 17.7 Å². The molecule has 0 aliphatic carbocycles. The Hall–Kier alpha value is -1.72. The minimum atomic E-state index is -0.00759. The van der Waals surface area contributed by atoms with Gasteiger partial charge in [-0.15, -0.1) is 11.3 Å². The second-order valence-corrected chi connectivity index (χ2v) is 6.22. The molecule has 3 rings (SSSR count). The quantitative estimate of drug-likeness (QED) is 0.683. The van der Waals surface area contributed by atoms with Crippen LogP contribution in [-0.2, 0) is 6.54 Å². The van der Waals surface area contributed by atoms with Crippen LogP contribution >= 0.6 is 22.9 Å². The molecule has 0 unspecified atom stereocenters. The molecule has 0 spiro atoms. The van der Waals surface area contributed by atoms with Gasteiger partial charge in [0.2, 0.25) is 0 Å². The minimum Gasteiger partial charge on any atom is -0.294 e. The molecule has 0 amide bonds. The fourth-order valence-electron chi connectivity index (χ4n) is 2.08. The Bertz CT molecular complexity index is 836. The van der Waals surface area contributed by atoms with E-state index in [1.54, 1.807) is 34.5 Å². The van der Waals surface area contributed by atoms with E-state index in [9.17, 15) is 4.79 Å². The van der Waals surface area contributed by atoms with Crippen molar-refractivity contribution in [2.75, 3.05) is 0 Å². The molecule has 3 aromatic heterocycles. The Morgan fingerprint density at radius 2 is 2.10 bits per heavy atom. The zero-order chi connectivity index (χ0) is 14.3. The highest BCUT2D eigenvalue weighted by Crippen LogP contribution is 2.25. The molecule has 0 saturated heterocycles. The zero-order valence-corrected chi connectivity index (χ0v) is 12.6. The van der Waals surface area contributed by atoms with Crippen molar-refractivity contribution < 1.29 is 0 Å². The molecule has 20 heavy (non-hydrogen) atoms. The highest BCUT2D eigenvalue weighted by molar-refractivity contribution is 7.18. The van der Waals surface area contributed by atoms with E-state index in [0.29, 0.717) is 11.7 Å². The lowest BCUT2D eigenvalue weighted by molar-refractivity contribution is 0.746. The fourth-order valence-corrected chi connectivity index (χ4v) is 3.18. The van der Waals surface area contributed by atoms with Crippen LogP contribution in [0, 0.1) is 13.8 Å². The summed E-state index contributed by atoms with van der Waals surface area (Å²) in [4.78, 5) is 22.8. The maximum Gasteiger partial charge on any atom is 0.262 e. The lowest BCUT2D eigenvalue weighted by atomic mass is 10.2. The highest BCUT2D eigenvalue weighted by atomic mass is 35.5. The van der Waals surface area contributed by atoms with Crippen molar-refractivity contribution in [3.63, 3.8) is 0 Å². The van der Waals surface area contributed by atoms with E-state index in [1.807, 2.05) is 19.9 Å². The first-order valence-electron chi connectivity index (χ1n) is 6.12. The second-order valence-electron chi connectivity index (χ2n) is 4.63. The van der Waals surface area contributed by atoms with Gasteiger partial charge in [-0.2, -0.15) is 0 Å². The molecule has 102 valence electrons. The predicted octanol–water partition coefficient (Wildman–Crippen LogP) is 3.17. The third-order valence-corrected chi connectivity index (χ3v) is 4.64. The van der Waals surface area contributed by atoms with Crippen LogP contribution in [0.15, 0.2) is 29.5 Å². The lowest BCUT2D eigenvalue weighted by Gasteiger charge is -2.05. The van der Waals surface area contributed by atoms with Crippen LogP contribution in [0.25, 0.3) is 10.2 Å². The van der Waals surface area contributed by atoms with Crippen LogP contribution in [0.1, 0.15) is 16.0 Å². The molecule has 0 N–H and O–H groups in total. The Labute approximate surface area is 124 Å². The number of rotatable bonds is 2. The Balaban J connectivity index is 2.08. The monoisotopic (exact) mass is 305 g/mol. The normalized spacial score (nSPS) is 11.2. The van der Waals surface area contributed by atoms with Crippen molar-refractivity contribution in [3.8, 4) is 0 Å². The third kappa shape index (κ3) is 2.23. The van der Waals surface area contributed by atoms with Gasteiger partial charge >= 0.3 is 0 Å². The van der Waals surface area contributed by atoms with Crippen molar-refractivity contribution in [3.05, 3.63) is 56.2 Å². The summed E-state index contributed by atoms with van der Waals surface area (Å²) in [5.41, 5.74) is 1.93. The predicted molar refractivity (Wildman–Crippen MR) is 81.7 cm³/mol. The number of hydrogen-bond acceptors (Lipinski definition) is 4. The number of fused-ring (bicyclic) bond motifs is 1. The van der Waals surface area contributed by atoms with Gasteiger partial charge in [-0.05, 0) is 31.0 Å². The molecule has 0 atom stereocenters. The summed E-state index contributed by atoms with van der Waals surface area (Å²) in [5.74, 6) is 0. The van der Waals surface area contributed by atoms with Gasteiger partial charge < -0.3 is 0 Å². The van der Waals surface area contributed by atoms with Crippen LogP contribution in [-0.4, -0.2) is 14.5 Å². The van der Waals surface area contributed by atoms with Crippen molar-refractivity contribution in [1.82, 2.24) is 14.5 Å². The SMILES string of the molecule is Cc1sc2ncn(Cc3ccc(Cl)nc3)c(=O)c2c1C. The Morgan fingerprint density at radius 1 is 1.30 bits per heavy atom. The van der Waals surface area contributed by atoms with Crippen molar-refractivity contribution >= 4 is 33.2 Å². The smallest absolute Gasteiger partial charge is 0.262 e. The molecule has 0 aliphatic rings. The third-order valence-electron chi connectivity index (χ3n) is 3.30. The van der Waals surface area contributed by atoms with Gasteiger partial charge in [0.25, 0.3) is 5.56 Å². The van der Waals surface area contributed by atoms with Crippen molar-refractivity contribution in [1.29, 1.82) is 0 Å². The van der Waals surface area contributed by atoms with Crippen LogP contribution in [0.2, 0.25) is 5.15 Å². The summed E-state index contributed by atoms with van der Waals surface area (Å²) in [7, 11) is 0. The van der Waals surface area contributed by atoms with Crippen LogP contribution in [0.3, 0.4) is 0 Å². The van der Waals surface area contributed by atoms with Gasteiger partial charge in [-0.25, -0.2) is 9.97 Å². The molecule has 6 heteroatoms. The molecule has 0 fully saturated rings. The average molecular weight is 306 g/mol. The molecule has 0 aliphatic heterocycles. The van der Waals surface area contributed by atoms with E-state index >= 15 is 0 Å². The second kappa shape index (κ2) is 5.00. The molecular formula is C14H12ClN3OS. The van der Waals surface area contributed by atoms with E-state index < -0.39 is 0 Å². The van der Waals surface area contributed by atoms with Crippen LogP contribution in [0.5, 0.6) is 0 Å². The van der Waals surface area contributed by atoms with Crippen molar-refractivity contribution in [2.45, 2.75) is 20.4 Å². The number of pyridine rings is 1. The number of halogens is 1. The molecule has 0 aromatic carbocycles. The molecular weight excluding hydrogens is 294 g/mol. The maximum absolute atomic E-state index is 12.5. The van der Waals surface area contributed by atoms with Crippen molar-refractivity contribution in [2.24, 2.45) is 0 Å². The number of nitrogens with zero attached hydrogens (tertiary/aromatic N) is 3. The first-order valence-corrected chi connectivity index (χ1v) is 7.31. The van der Waals surface area contributed by atoms with Gasteiger partial charge in [0.15, 0.2) is 0 Å². The van der Waals surface area contributed by atoms with E-state index in [0.717, 1.165) is 26.2 Å². The first-order chi connectivity index (χ1) is 9.56. The van der Waals surface area contributed by atoms with Crippen LogP contribution in [0.4, 0.5) is 0 Å². The molecule has 3 heterocycles. The molecule has 4 nitrogen and oxygen atoms in total. The summed E-state index contributed by atoms with van der Waals surface area (Å²) in [6.07, 6.45) is 3.26. The van der Waals surface area contributed by atoms with E-state index in [1.165, 1.54) is 0 Å². The van der Waals surface area contributed by atoms with Gasteiger partial charge in [-0.3, -0.25) is 9.36 Å². The minimum absolute atomic E-state index is 0.00759. The lowest BCUT2D eigenvalue weighted by Crippen LogP contribution is -2.21. The number of thiophene rings is 1. The van der Waals surface area contributed by atoms with Gasteiger partial charge in [0.05, 0.1) is 18.3 Å². The topological polar surface area (TPSA) is 47.8 Å². The molecule has 0 bridgehead atoms. The van der Waals surface area contributed by atoms with Gasteiger partial charge in [0, 0.05) is 11.1 Å². The molecule has 3 aromatic rings. The molecule has 0 radical (unpaired) electrons. The largest absolute Gasteiger partial charge is 0.294 e. The summed E-state index contributed by atoms with van der Waals surface area (Å²) >= 11 is 7.31. The van der Waals surface area contributed by atoms with E-state index in [-0.39, 0.29) is 5.56 Å². The zero-order valence-electron chi connectivity index (χ0n) is 11.1. The standard InChI is InChI=1S/C14H12ClN3OS/c1-8-9(2)20-13-12(8)14(19)18(7-17-13)6-10-3-4-11(15)16-5-10/h3-5,7H,6H2,1-2H3. The van der Waals surface area contributed by atoms with E-state index in [4.69, 9.17) is 11.6 Å². The summed E-state index contributed by atoms with van der Waals surface area (Å²) in [6.45, 7) is 4.42. The number of aryl methyl sites for hydroxylation is 2. The average Bonchev–Trinajstić information content (AvgIpc) is 2.72. The van der Waals surface area contributed by atoms with Gasteiger partial charge in [0.1, 0.15) is 9.98 Å². The number of aromatic nitrogens is 3. The Morgan fingerprint density at radius 3 is 2.80 bits per heavy atom. The summed E-state index contributed by atoms with van der Waals surface area (Å²) < 4.78 is 1.60. The number of hydrogen-bond donors (Lipinski definition) is 0. The summed E-state index contributed by atoms with van der Waals surface area (Å²) in [5, 5.41) is 1.16.